The summed E-state index contributed by atoms with van der Waals surface area (Å²) < 4.78 is 3.78. The zero-order chi connectivity index (χ0) is 13.3. The van der Waals surface area contributed by atoms with Crippen molar-refractivity contribution in [1.82, 2.24) is 4.57 Å². The quantitative estimate of drug-likeness (QED) is 0.654. The van der Waals surface area contributed by atoms with Gasteiger partial charge in [-0.15, -0.1) is 11.3 Å². The summed E-state index contributed by atoms with van der Waals surface area (Å²) in [5, 5.41) is 0. The number of thiophene rings is 1. The average molecular weight is 456 g/mol. The molecule has 0 spiro atoms. The number of hydrogen-bond donors (Lipinski definition) is 0. The number of nitrogens with zero attached hydrogens (tertiary/aromatic N) is 1. The number of aromatic nitrogens is 1. The van der Waals surface area contributed by atoms with Crippen LogP contribution in [0.4, 0.5) is 0 Å². The second-order valence-corrected chi connectivity index (χ2v) is 8.14. The fourth-order valence-electron chi connectivity index (χ4n) is 1.40. The molecule has 0 aliphatic carbocycles. The van der Waals surface area contributed by atoms with Crippen molar-refractivity contribution in [3.05, 3.63) is 52.4 Å². The molecule has 0 saturated carbocycles. The summed E-state index contributed by atoms with van der Waals surface area (Å²) in [6, 6.07) is 4.83. The summed E-state index contributed by atoms with van der Waals surface area (Å²) in [6.07, 6.45) is 1.61. The number of pyridine rings is 1. The lowest BCUT2D eigenvalue weighted by Crippen LogP contribution is -2.22. The first-order valence-electron chi connectivity index (χ1n) is 4.81. The molecule has 0 aliphatic heterocycles. The molecule has 2 heterocycles. The van der Waals surface area contributed by atoms with Crippen molar-refractivity contribution in [3.63, 3.8) is 0 Å². The molecule has 94 valence electrons. The Kier molecular flexibility index (Phi) is 4.58. The minimum Gasteiger partial charge on any atom is -0.307 e. The number of carbonyl (C=O) groups is 1. The van der Waals surface area contributed by atoms with Gasteiger partial charge in [0.2, 0.25) is 0 Å². The summed E-state index contributed by atoms with van der Waals surface area (Å²) in [5.74, 6) is -0.107. The highest BCUT2D eigenvalue weighted by Crippen LogP contribution is 2.32. The molecule has 0 atom stereocenters. The molecule has 3 nitrogen and oxygen atoms in total. The van der Waals surface area contributed by atoms with E-state index in [1.165, 1.54) is 22.0 Å². The fraction of sp³-hybridized carbons (Fsp3) is 0.0909. The monoisotopic (exact) mass is 453 g/mol. The van der Waals surface area contributed by atoms with Gasteiger partial charge < -0.3 is 4.57 Å². The van der Waals surface area contributed by atoms with E-state index in [1.54, 1.807) is 18.3 Å². The van der Waals surface area contributed by atoms with Crippen molar-refractivity contribution >= 4 is 64.9 Å². The summed E-state index contributed by atoms with van der Waals surface area (Å²) in [4.78, 5) is 23.7. The standard InChI is InChI=1S/C11H6Br3NO2S/c12-6-1-2-10(17)15(4-6)5-8(16)7-3-9(13)18-11(7)14/h1-4H,5H2. The lowest BCUT2D eigenvalue weighted by Gasteiger charge is -2.04. The van der Waals surface area contributed by atoms with Crippen LogP contribution in [0.25, 0.3) is 0 Å². The maximum absolute atomic E-state index is 12.1. The molecule has 0 bridgehead atoms. The summed E-state index contributed by atoms with van der Waals surface area (Å²) in [7, 11) is 0. The van der Waals surface area contributed by atoms with Gasteiger partial charge in [0.1, 0.15) is 0 Å². The number of rotatable bonds is 3. The molecule has 0 aliphatic rings. The smallest absolute Gasteiger partial charge is 0.251 e. The molecular weight excluding hydrogens is 450 g/mol. The molecule has 0 aromatic carbocycles. The Hall–Kier alpha value is -0.240. The van der Waals surface area contributed by atoms with Gasteiger partial charge in [-0.3, -0.25) is 9.59 Å². The van der Waals surface area contributed by atoms with Crippen molar-refractivity contribution in [2.24, 2.45) is 0 Å². The van der Waals surface area contributed by atoms with Crippen LogP contribution in [0.15, 0.2) is 41.2 Å². The summed E-state index contributed by atoms with van der Waals surface area (Å²) in [5.41, 5.74) is 0.385. The van der Waals surface area contributed by atoms with Crippen molar-refractivity contribution in [1.29, 1.82) is 0 Å². The number of carbonyl (C=O) groups excluding carboxylic acids is 1. The van der Waals surface area contributed by atoms with Gasteiger partial charge in [0.05, 0.1) is 14.1 Å². The molecule has 7 heteroatoms. The Morgan fingerprint density at radius 2 is 2.00 bits per heavy atom. The van der Waals surface area contributed by atoms with Crippen LogP contribution < -0.4 is 5.56 Å². The van der Waals surface area contributed by atoms with Gasteiger partial charge in [-0.25, -0.2) is 0 Å². The minimum absolute atomic E-state index is 0.0278. The van der Waals surface area contributed by atoms with Crippen LogP contribution in [-0.2, 0) is 6.54 Å². The fourth-order valence-corrected chi connectivity index (χ4v) is 4.63. The highest BCUT2D eigenvalue weighted by molar-refractivity contribution is 9.12. The Morgan fingerprint density at radius 3 is 2.61 bits per heavy atom. The van der Waals surface area contributed by atoms with Gasteiger partial charge >= 0.3 is 0 Å². The van der Waals surface area contributed by atoms with Gasteiger partial charge in [-0.2, -0.15) is 0 Å². The van der Waals surface area contributed by atoms with Crippen molar-refractivity contribution < 1.29 is 4.79 Å². The first kappa shape index (κ1) is 14.2. The van der Waals surface area contributed by atoms with E-state index in [9.17, 15) is 9.59 Å². The topological polar surface area (TPSA) is 39.1 Å². The van der Waals surface area contributed by atoms with Crippen molar-refractivity contribution in [3.8, 4) is 0 Å². The zero-order valence-electron chi connectivity index (χ0n) is 8.82. The molecular formula is C11H6Br3NO2S. The van der Waals surface area contributed by atoms with Gasteiger partial charge in [0, 0.05) is 22.3 Å². The predicted octanol–water partition coefficient (Wildman–Crippen LogP) is 4.08. The van der Waals surface area contributed by atoms with Crippen LogP contribution in [-0.4, -0.2) is 10.4 Å². The van der Waals surface area contributed by atoms with E-state index in [0.29, 0.717) is 5.56 Å². The largest absolute Gasteiger partial charge is 0.307 e. The normalized spacial score (nSPS) is 10.6. The molecule has 0 radical (unpaired) electrons. The third kappa shape index (κ3) is 3.20. The van der Waals surface area contributed by atoms with Gasteiger partial charge in [0.15, 0.2) is 5.78 Å². The Balaban J connectivity index is 2.29. The number of ketones is 1. The summed E-state index contributed by atoms with van der Waals surface area (Å²) in [6.45, 7) is 0.0278. The first-order valence-corrected chi connectivity index (χ1v) is 8.01. The highest BCUT2D eigenvalue weighted by atomic mass is 79.9. The first-order chi connectivity index (χ1) is 8.47. The van der Waals surface area contributed by atoms with Crippen LogP contribution in [0.1, 0.15) is 10.4 Å². The van der Waals surface area contributed by atoms with E-state index in [-0.39, 0.29) is 17.9 Å². The van der Waals surface area contributed by atoms with Crippen LogP contribution in [0, 0.1) is 0 Å². The maximum atomic E-state index is 12.1. The van der Waals surface area contributed by atoms with Crippen LogP contribution in [0.2, 0.25) is 0 Å². The number of hydrogen-bond acceptors (Lipinski definition) is 3. The predicted molar refractivity (Wildman–Crippen MR) is 82.5 cm³/mol. The average Bonchev–Trinajstić information content (AvgIpc) is 2.63. The maximum Gasteiger partial charge on any atom is 0.251 e. The lowest BCUT2D eigenvalue weighted by molar-refractivity contribution is 0.0970. The van der Waals surface area contributed by atoms with E-state index < -0.39 is 0 Å². The highest BCUT2D eigenvalue weighted by Gasteiger charge is 2.14. The number of halogens is 3. The van der Waals surface area contributed by atoms with Crippen LogP contribution >= 0.6 is 59.1 Å². The third-order valence-electron chi connectivity index (χ3n) is 2.22. The van der Waals surface area contributed by atoms with Gasteiger partial charge in [0.25, 0.3) is 5.56 Å². The molecule has 0 saturated heterocycles. The third-order valence-corrected chi connectivity index (χ3v) is 5.03. The second kappa shape index (κ2) is 5.81. The van der Waals surface area contributed by atoms with E-state index in [4.69, 9.17) is 0 Å². The molecule has 18 heavy (non-hydrogen) atoms. The van der Waals surface area contributed by atoms with E-state index in [0.717, 1.165) is 12.0 Å². The molecule has 0 fully saturated rings. The Morgan fingerprint density at radius 1 is 1.28 bits per heavy atom. The molecule has 0 amide bonds. The van der Waals surface area contributed by atoms with Crippen LogP contribution in [0.5, 0.6) is 0 Å². The second-order valence-electron chi connectivity index (χ2n) is 3.47. The van der Waals surface area contributed by atoms with E-state index >= 15 is 0 Å². The zero-order valence-corrected chi connectivity index (χ0v) is 14.4. The van der Waals surface area contributed by atoms with Crippen LogP contribution in [0.3, 0.4) is 0 Å². The van der Waals surface area contributed by atoms with E-state index in [2.05, 4.69) is 47.8 Å². The Bertz CT molecular complexity index is 663. The van der Waals surface area contributed by atoms with Gasteiger partial charge in [-0.1, -0.05) is 0 Å². The number of Topliss-reactive ketones (excluding diaryl/α,β-unsaturated/α-hetero) is 1. The molecule has 2 rings (SSSR count). The van der Waals surface area contributed by atoms with Crippen molar-refractivity contribution in [2.75, 3.05) is 0 Å². The van der Waals surface area contributed by atoms with Crippen molar-refractivity contribution in [2.45, 2.75) is 6.54 Å². The molecule has 2 aromatic heterocycles. The summed E-state index contributed by atoms with van der Waals surface area (Å²) >= 11 is 11.4. The molecule has 0 N–H and O–H groups in total. The van der Waals surface area contributed by atoms with E-state index in [1.807, 2.05) is 0 Å². The molecule has 0 unspecified atom stereocenters. The minimum atomic E-state index is -0.197. The molecule has 2 aromatic rings. The Labute approximate surface area is 132 Å². The van der Waals surface area contributed by atoms with Gasteiger partial charge in [-0.05, 0) is 59.9 Å². The lowest BCUT2D eigenvalue weighted by atomic mass is 10.2. The SMILES string of the molecule is O=C(Cn1cc(Br)ccc1=O)c1cc(Br)sc1Br.